The molecule has 1 saturated heterocycles. The van der Waals surface area contributed by atoms with Crippen molar-refractivity contribution in [3.8, 4) is 0 Å². The summed E-state index contributed by atoms with van der Waals surface area (Å²) >= 11 is 0. The van der Waals surface area contributed by atoms with Gasteiger partial charge in [0, 0.05) is 0 Å². The highest BCUT2D eigenvalue weighted by atomic mass is 16.6. The Hall–Kier alpha value is -1.81. The van der Waals surface area contributed by atoms with E-state index in [0.29, 0.717) is 0 Å². The van der Waals surface area contributed by atoms with E-state index in [-0.39, 0.29) is 11.2 Å². The van der Waals surface area contributed by atoms with Crippen molar-refractivity contribution in [1.29, 1.82) is 0 Å². The van der Waals surface area contributed by atoms with Gasteiger partial charge in [-0.15, -0.1) is 0 Å². The number of hydrogen-bond donors (Lipinski definition) is 4. The maximum Gasteiger partial charge on any atom is 0.278 e. The third kappa shape index (κ3) is 1.68. The van der Waals surface area contributed by atoms with Crippen molar-refractivity contribution < 1.29 is 20.1 Å². The lowest BCUT2D eigenvalue weighted by atomic mass is 9.96. The molecular formula is C11H14N4O5. The van der Waals surface area contributed by atoms with Crippen LogP contribution < -0.4 is 5.56 Å². The van der Waals surface area contributed by atoms with E-state index in [2.05, 4.69) is 15.0 Å². The Balaban J connectivity index is 2.12. The van der Waals surface area contributed by atoms with Crippen LogP contribution in [0.25, 0.3) is 11.2 Å². The molecular weight excluding hydrogens is 268 g/mol. The van der Waals surface area contributed by atoms with Crippen LogP contribution in [0, 0.1) is 0 Å². The average Bonchev–Trinajstić information content (AvgIpc) is 2.92. The molecule has 2 aromatic heterocycles. The van der Waals surface area contributed by atoms with E-state index >= 15 is 0 Å². The maximum atomic E-state index is 11.6. The van der Waals surface area contributed by atoms with Gasteiger partial charge in [-0.2, -0.15) is 0 Å². The Morgan fingerprint density at radius 2 is 2.30 bits per heavy atom. The van der Waals surface area contributed by atoms with Crippen LogP contribution in [0.15, 0.2) is 17.4 Å². The van der Waals surface area contributed by atoms with Crippen LogP contribution in [-0.4, -0.2) is 59.3 Å². The minimum Gasteiger partial charge on any atom is -0.394 e. The number of ether oxygens (including phenoxy) is 1. The number of nitrogens with zero attached hydrogens (tertiary/aromatic N) is 3. The lowest BCUT2D eigenvalue weighted by molar-refractivity contribution is -0.0950. The SMILES string of the molecule is C[C@@]1(O)C(O)[C@@H](CO)O[C@H]1n1cnc2c(=O)[nH]cnc21. The average molecular weight is 282 g/mol. The second-order valence-corrected chi connectivity index (χ2v) is 4.94. The summed E-state index contributed by atoms with van der Waals surface area (Å²) in [6, 6.07) is 0. The van der Waals surface area contributed by atoms with E-state index in [9.17, 15) is 15.0 Å². The first-order valence-electron chi connectivity index (χ1n) is 6.03. The van der Waals surface area contributed by atoms with Crippen molar-refractivity contribution in [2.75, 3.05) is 6.61 Å². The van der Waals surface area contributed by atoms with Gasteiger partial charge in [-0.25, -0.2) is 9.97 Å². The molecule has 4 N–H and O–H groups in total. The smallest absolute Gasteiger partial charge is 0.278 e. The molecule has 3 rings (SSSR count). The Bertz CT molecular complexity index is 693. The van der Waals surface area contributed by atoms with Crippen molar-refractivity contribution in [2.24, 2.45) is 0 Å². The van der Waals surface area contributed by atoms with Crippen molar-refractivity contribution in [3.05, 3.63) is 23.0 Å². The third-order valence-corrected chi connectivity index (χ3v) is 3.55. The molecule has 4 atom stereocenters. The Morgan fingerprint density at radius 3 is 2.95 bits per heavy atom. The fraction of sp³-hybridized carbons (Fsp3) is 0.545. The van der Waals surface area contributed by atoms with E-state index in [1.807, 2.05) is 0 Å². The fourth-order valence-electron chi connectivity index (χ4n) is 2.42. The van der Waals surface area contributed by atoms with E-state index in [1.54, 1.807) is 0 Å². The molecule has 1 aliphatic rings. The first kappa shape index (κ1) is 13.2. The number of aliphatic hydroxyl groups excluding tert-OH is 2. The van der Waals surface area contributed by atoms with Gasteiger partial charge in [0.25, 0.3) is 5.56 Å². The number of hydrogen-bond acceptors (Lipinski definition) is 7. The number of H-pyrrole nitrogens is 1. The molecule has 108 valence electrons. The second-order valence-electron chi connectivity index (χ2n) is 4.94. The summed E-state index contributed by atoms with van der Waals surface area (Å²) in [6.07, 6.45) is -0.675. The van der Waals surface area contributed by atoms with Gasteiger partial charge in [-0.1, -0.05) is 0 Å². The lowest BCUT2D eigenvalue weighted by Crippen LogP contribution is -2.44. The molecule has 0 aromatic carbocycles. The maximum absolute atomic E-state index is 11.6. The van der Waals surface area contributed by atoms with Gasteiger partial charge in [-0.05, 0) is 6.92 Å². The van der Waals surface area contributed by atoms with Crippen LogP contribution in [-0.2, 0) is 4.74 Å². The van der Waals surface area contributed by atoms with Crippen LogP contribution in [0.3, 0.4) is 0 Å². The molecule has 0 bridgehead atoms. The Morgan fingerprint density at radius 1 is 1.55 bits per heavy atom. The van der Waals surface area contributed by atoms with Gasteiger partial charge in [-0.3, -0.25) is 9.36 Å². The quantitative estimate of drug-likeness (QED) is 0.506. The predicted molar refractivity (Wildman–Crippen MR) is 65.8 cm³/mol. The van der Waals surface area contributed by atoms with Crippen LogP contribution in [0.2, 0.25) is 0 Å². The fourth-order valence-corrected chi connectivity index (χ4v) is 2.42. The summed E-state index contributed by atoms with van der Waals surface area (Å²) in [4.78, 5) is 21.9. The highest BCUT2D eigenvalue weighted by molar-refractivity contribution is 5.68. The zero-order valence-electron chi connectivity index (χ0n) is 10.6. The normalized spacial score (nSPS) is 33.9. The van der Waals surface area contributed by atoms with Gasteiger partial charge in [0.1, 0.15) is 17.8 Å². The molecule has 0 spiro atoms. The summed E-state index contributed by atoms with van der Waals surface area (Å²) in [7, 11) is 0. The van der Waals surface area contributed by atoms with E-state index < -0.39 is 36.2 Å². The van der Waals surface area contributed by atoms with Crippen LogP contribution in [0.4, 0.5) is 0 Å². The second kappa shape index (κ2) is 4.35. The summed E-state index contributed by atoms with van der Waals surface area (Å²) < 4.78 is 6.82. The van der Waals surface area contributed by atoms with Crippen LogP contribution in [0.5, 0.6) is 0 Å². The van der Waals surface area contributed by atoms with Crippen LogP contribution >= 0.6 is 0 Å². The Kier molecular flexibility index (Phi) is 2.87. The standard InChI is InChI=1S/C11H14N4O5/c1-11(19)7(17)5(2-16)20-10(11)15-4-14-6-8(15)12-3-13-9(6)18/h3-5,7,10,16-17,19H,2H2,1H3,(H,12,13,18)/t5-,7?,10-,11-/m1/s1. The topological polar surface area (TPSA) is 133 Å². The van der Waals surface area contributed by atoms with Gasteiger partial charge in [0.05, 0.1) is 19.3 Å². The highest BCUT2D eigenvalue weighted by Crippen LogP contribution is 2.38. The molecule has 9 heteroatoms. The summed E-state index contributed by atoms with van der Waals surface area (Å²) in [5.41, 5.74) is -1.73. The first-order chi connectivity index (χ1) is 9.46. The number of aliphatic hydroxyl groups is 3. The number of rotatable bonds is 2. The molecule has 20 heavy (non-hydrogen) atoms. The van der Waals surface area contributed by atoms with E-state index in [1.165, 1.54) is 24.1 Å². The molecule has 2 aromatic rings. The first-order valence-corrected chi connectivity index (χ1v) is 6.03. The zero-order valence-corrected chi connectivity index (χ0v) is 10.6. The van der Waals surface area contributed by atoms with Crippen molar-refractivity contribution in [3.63, 3.8) is 0 Å². The lowest BCUT2D eigenvalue weighted by Gasteiger charge is -2.27. The third-order valence-electron chi connectivity index (χ3n) is 3.55. The number of imidazole rings is 1. The largest absolute Gasteiger partial charge is 0.394 e. The molecule has 0 radical (unpaired) electrons. The molecule has 1 aliphatic heterocycles. The summed E-state index contributed by atoms with van der Waals surface area (Å²) in [5.74, 6) is 0. The minimum atomic E-state index is -1.65. The molecule has 3 heterocycles. The summed E-state index contributed by atoms with van der Waals surface area (Å²) in [6.45, 7) is 0.950. The molecule has 1 unspecified atom stereocenters. The van der Waals surface area contributed by atoms with Gasteiger partial charge >= 0.3 is 0 Å². The van der Waals surface area contributed by atoms with Crippen molar-refractivity contribution >= 4 is 11.2 Å². The van der Waals surface area contributed by atoms with Crippen molar-refractivity contribution in [2.45, 2.75) is 31.0 Å². The van der Waals surface area contributed by atoms with E-state index in [0.717, 1.165) is 0 Å². The molecule has 0 aliphatic carbocycles. The summed E-state index contributed by atoms with van der Waals surface area (Å²) in [5, 5.41) is 29.5. The molecule has 0 saturated carbocycles. The number of aromatic nitrogens is 4. The minimum absolute atomic E-state index is 0.105. The number of aromatic amines is 1. The zero-order chi connectivity index (χ0) is 14.5. The van der Waals surface area contributed by atoms with E-state index in [4.69, 9.17) is 9.84 Å². The molecule has 1 fully saturated rings. The van der Waals surface area contributed by atoms with Gasteiger partial charge in [0.2, 0.25) is 0 Å². The van der Waals surface area contributed by atoms with Crippen LogP contribution in [0.1, 0.15) is 13.2 Å². The Labute approximate surface area is 112 Å². The molecule has 0 amide bonds. The monoisotopic (exact) mass is 282 g/mol. The molecule has 9 nitrogen and oxygen atoms in total. The van der Waals surface area contributed by atoms with Gasteiger partial charge < -0.3 is 25.0 Å². The van der Waals surface area contributed by atoms with Crippen molar-refractivity contribution in [1.82, 2.24) is 19.5 Å². The number of nitrogens with one attached hydrogen (secondary N) is 1. The predicted octanol–water partition coefficient (Wildman–Crippen LogP) is -1.88. The number of fused-ring (bicyclic) bond motifs is 1. The van der Waals surface area contributed by atoms with Gasteiger partial charge in [0.15, 0.2) is 17.4 Å². The highest BCUT2D eigenvalue weighted by Gasteiger charge is 2.53.